The van der Waals surface area contributed by atoms with Crippen LogP contribution < -0.4 is 0 Å². The highest BCUT2D eigenvalue weighted by Crippen LogP contribution is 2.30. The number of hydrogen-bond acceptors (Lipinski definition) is 3. The third-order valence-electron chi connectivity index (χ3n) is 0.986. The zero-order valence-electron chi connectivity index (χ0n) is 5.21. The molecule has 0 radical (unpaired) electrons. The van der Waals surface area contributed by atoms with Crippen molar-refractivity contribution in [2.45, 2.75) is 0 Å². The molecule has 1 rings (SSSR count). The molecule has 2 nitrogen and oxygen atoms in total. The lowest BCUT2D eigenvalue weighted by atomic mass is 10.4. The average molecular weight is 205 g/mol. The Hall–Kier alpha value is -0.470. The Morgan fingerprint density at radius 2 is 1.91 bits per heavy atom. The molecule has 0 saturated heterocycles. The van der Waals surface area contributed by atoms with Gasteiger partial charge in [-0.3, -0.25) is 4.98 Å². The predicted octanol–water partition coefficient (Wildman–Crippen LogP) is 3.12. The number of thiocarbonyl (C=S) groups is 1. The van der Waals surface area contributed by atoms with Gasteiger partial charge in [0.25, 0.3) is 0 Å². The lowest BCUT2D eigenvalue weighted by molar-refractivity contribution is 1.32. The van der Waals surface area contributed by atoms with Crippen molar-refractivity contribution >= 4 is 46.3 Å². The Balaban J connectivity index is 3.31. The van der Waals surface area contributed by atoms with E-state index in [0.29, 0.717) is 15.7 Å². The molecule has 0 aliphatic heterocycles. The number of pyridine rings is 1. The molecule has 0 unspecified atom stereocenters. The Bertz CT molecular complexity index is 300. The highest BCUT2D eigenvalue weighted by molar-refractivity contribution is 7.78. The van der Waals surface area contributed by atoms with Gasteiger partial charge in [0, 0.05) is 12.4 Å². The summed E-state index contributed by atoms with van der Waals surface area (Å²) in [5, 5.41) is 2.92. The summed E-state index contributed by atoms with van der Waals surface area (Å²) in [7, 11) is 0. The van der Waals surface area contributed by atoms with Crippen molar-refractivity contribution in [2.24, 2.45) is 4.99 Å². The Morgan fingerprint density at radius 1 is 1.36 bits per heavy atom. The molecule has 1 aromatic rings. The summed E-state index contributed by atoms with van der Waals surface area (Å²) in [5.41, 5.74) is 0.415. The Labute approximate surface area is 78.9 Å². The molecular weight excluding hydrogens is 203 g/mol. The van der Waals surface area contributed by atoms with Crippen LogP contribution in [0.25, 0.3) is 0 Å². The number of halogens is 2. The number of isothiocyanates is 1. The maximum absolute atomic E-state index is 5.68. The summed E-state index contributed by atoms with van der Waals surface area (Å²) < 4.78 is 0. The van der Waals surface area contributed by atoms with Crippen LogP contribution in [0, 0.1) is 0 Å². The molecule has 0 amide bonds. The molecule has 1 aromatic heterocycles. The molecule has 0 aromatic carbocycles. The quantitative estimate of drug-likeness (QED) is 0.519. The normalized spacial score (nSPS) is 8.91. The number of rotatable bonds is 1. The van der Waals surface area contributed by atoms with E-state index in [0.717, 1.165) is 0 Å². The van der Waals surface area contributed by atoms with Crippen LogP contribution in [0.1, 0.15) is 0 Å². The monoisotopic (exact) mass is 204 g/mol. The number of nitrogens with zero attached hydrogens (tertiary/aromatic N) is 2. The summed E-state index contributed by atoms with van der Waals surface area (Å²) in [4.78, 5) is 7.41. The van der Waals surface area contributed by atoms with Gasteiger partial charge in [-0.25, -0.2) is 0 Å². The smallest absolute Gasteiger partial charge is 0.114 e. The Kier molecular flexibility index (Phi) is 2.97. The summed E-state index contributed by atoms with van der Waals surface area (Å²) in [6, 6.07) is 0. The molecular formula is C6H2Cl2N2S. The van der Waals surface area contributed by atoms with Crippen LogP contribution in [-0.4, -0.2) is 10.1 Å². The van der Waals surface area contributed by atoms with Crippen molar-refractivity contribution < 1.29 is 0 Å². The molecule has 0 aliphatic rings. The van der Waals surface area contributed by atoms with Crippen molar-refractivity contribution in [3.63, 3.8) is 0 Å². The maximum Gasteiger partial charge on any atom is 0.114 e. The van der Waals surface area contributed by atoms with Crippen molar-refractivity contribution in [2.75, 3.05) is 0 Å². The summed E-state index contributed by atoms with van der Waals surface area (Å²) in [6.45, 7) is 0. The van der Waals surface area contributed by atoms with E-state index in [-0.39, 0.29) is 0 Å². The molecule has 5 heteroatoms. The Morgan fingerprint density at radius 3 is 2.36 bits per heavy atom. The summed E-state index contributed by atoms with van der Waals surface area (Å²) in [5.74, 6) is 0. The van der Waals surface area contributed by atoms with Crippen LogP contribution in [-0.2, 0) is 0 Å². The topological polar surface area (TPSA) is 25.2 Å². The second-order valence-electron chi connectivity index (χ2n) is 1.65. The van der Waals surface area contributed by atoms with E-state index >= 15 is 0 Å². The maximum atomic E-state index is 5.68. The van der Waals surface area contributed by atoms with Gasteiger partial charge in [0.1, 0.15) is 5.69 Å². The van der Waals surface area contributed by atoms with Gasteiger partial charge in [0.05, 0.1) is 15.2 Å². The largest absolute Gasteiger partial charge is 0.261 e. The van der Waals surface area contributed by atoms with Crippen molar-refractivity contribution in [3.05, 3.63) is 22.4 Å². The standard InChI is InChI=1S/C6H2Cl2N2S/c7-4-1-9-2-5(8)6(4)10-3-11/h1-2H. The fourth-order valence-electron chi connectivity index (χ4n) is 0.557. The van der Waals surface area contributed by atoms with E-state index < -0.39 is 0 Å². The minimum atomic E-state index is 0.370. The van der Waals surface area contributed by atoms with Gasteiger partial charge in [-0.15, -0.1) is 0 Å². The van der Waals surface area contributed by atoms with E-state index in [9.17, 15) is 0 Å². The van der Waals surface area contributed by atoms with Crippen LogP contribution in [0.2, 0.25) is 10.0 Å². The van der Waals surface area contributed by atoms with E-state index in [1.807, 2.05) is 0 Å². The van der Waals surface area contributed by atoms with Crippen molar-refractivity contribution in [1.82, 2.24) is 4.98 Å². The predicted molar refractivity (Wildman–Crippen MR) is 48.9 cm³/mol. The first-order valence-corrected chi connectivity index (χ1v) is 3.79. The lowest BCUT2D eigenvalue weighted by Crippen LogP contribution is -1.73. The van der Waals surface area contributed by atoms with Crippen LogP contribution >= 0.6 is 35.4 Å². The van der Waals surface area contributed by atoms with Crippen molar-refractivity contribution in [3.8, 4) is 0 Å². The molecule has 0 N–H and O–H groups in total. The van der Waals surface area contributed by atoms with Gasteiger partial charge < -0.3 is 0 Å². The molecule has 0 atom stereocenters. The van der Waals surface area contributed by atoms with Crippen LogP contribution in [0.5, 0.6) is 0 Å². The molecule has 0 spiro atoms. The fourth-order valence-corrected chi connectivity index (χ4v) is 1.10. The van der Waals surface area contributed by atoms with E-state index in [4.69, 9.17) is 23.2 Å². The molecule has 56 valence electrons. The molecule has 1 heterocycles. The first-order valence-electron chi connectivity index (χ1n) is 2.62. The lowest BCUT2D eigenvalue weighted by Gasteiger charge is -1.95. The zero-order chi connectivity index (χ0) is 8.27. The van der Waals surface area contributed by atoms with Crippen LogP contribution in [0.15, 0.2) is 17.4 Å². The fraction of sp³-hybridized carbons (Fsp3) is 0. The van der Waals surface area contributed by atoms with Gasteiger partial charge in [0.2, 0.25) is 0 Å². The molecule has 0 bridgehead atoms. The van der Waals surface area contributed by atoms with E-state index in [1.165, 1.54) is 12.4 Å². The second kappa shape index (κ2) is 3.79. The molecule has 0 aliphatic carbocycles. The number of hydrogen-bond donors (Lipinski definition) is 0. The van der Waals surface area contributed by atoms with Gasteiger partial charge >= 0.3 is 0 Å². The highest BCUT2D eigenvalue weighted by atomic mass is 35.5. The van der Waals surface area contributed by atoms with Gasteiger partial charge in [0.15, 0.2) is 0 Å². The van der Waals surface area contributed by atoms with Crippen LogP contribution in [0.4, 0.5) is 5.69 Å². The van der Waals surface area contributed by atoms with Gasteiger partial charge in [-0.2, -0.15) is 4.99 Å². The van der Waals surface area contributed by atoms with Gasteiger partial charge in [-0.05, 0) is 12.2 Å². The zero-order valence-corrected chi connectivity index (χ0v) is 7.54. The second-order valence-corrected chi connectivity index (χ2v) is 2.65. The number of aromatic nitrogens is 1. The highest BCUT2D eigenvalue weighted by Gasteiger charge is 2.02. The third-order valence-corrected chi connectivity index (χ3v) is 1.63. The van der Waals surface area contributed by atoms with Crippen LogP contribution in [0.3, 0.4) is 0 Å². The summed E-state index contributed by atoms with van der Waals surface area (Å²) in [6.07, 6.45) is 2.89. The third kappa shape index (κ3) is 1.98. The molecule has 0 fully saturated rings. The van der Waals surface area contributed by atoms with E-state index in [1.54, 1.807) is 0 Å². The number of aliphatic imine (C=N–C) groups is 1. The van der Waals surface area contributed by atoms with Gasteiger partial charge in [-0.1, -0.05) is 23.2 Å². The minimum absolute atomic E-state index is 0.370. The van der Waals surface area contributed by atoms with Crippen molar-refractivity contribution in [1.29, 1.82) is 0 Å². The van der Waals surface area contributed by atoms with E-state index in [2.05, 4.69) is 27.4 Å². The first kappa shape index (κ1) is 8.62. The molecule has 11 heavy (non-hydrogen) atoms. The molecule has 0 saturated carbocycles. The first-order chi connectivity index (χ1) is 5.25. The SMILES string of the molecule is S=C=Nc1c(Cl)cncc1Cl. The minimum Gasteiger partial charge on any atom is -0.261 e. The summed E-state index contributed by atoms with van der Waals surface area (Å²) >= 11 is 15.8. The average Bonchev–Trinajstić information content (AvgIpc) is 1.97.